The Balaban J connectivity index is 1.17. The van der Waals surface area contributed by atoms with Crippen molar-refractivity contribution in [1.29, 1.82) is 5.26 Å². The van der Waals surface area contributed by atoms with Crippen LogP contribution < -0.4 is 15.4 Å². The molecule has 1 aliphatic carbocycles. The van der Waals surface area contributed by atoms with E-state index in [-0.39, 0.29) is 23.7 Å². The molecule has 1 spiro atoms. The quantitative estimate of drug-likeness (QED) is 0.603. The maximum atomic E-state index is 14.3. The number of alkyl halides is 1. The van der Waals surface area contributed by atoms with Crippen LogP contribution >= 0.6 is 11.3 Å². The Labute approximate surface area is 219 Å². The number of nitriles is 1. The molecule has 11 heteroatoms. The van der Waals surface area contributed by atoms with E-state index in [0.717, 1.165) is 68.0 Å². The lowest BCUT2D eigenvalue weighted by Gasteiger charge is -2.50. The van der Waals surface area contributed by atoms with Crippen molar-refractivity contribution >= 4 is 22.2 Å². The first kappa shape index (κ1) is 23.6. The summed E-state index contributed by atoms with van der Waals surface area (Å²) in [6.45, 7) is 3.52. The van der Waals surface area contributed by atoms with Crippen molar-refractivity contribution in [2.75, 3.05) is 50.0 Å². The Hall–Kier alpha value is -2.52. The summed E-state index contributed by atoms with van der Waals surface area (Å²) in [5, 5.41) is 20.1. The maximum absolute atomic E-state index is 14.3. The standard InChI is InChI=1S/C26H31FN6O3S/c27-15-7-26(3-1-5-33(26)9-15)14-36-24-30-19-6-16(10-34)35-11-18(19)23(31-24)32-12-25(13-32)4-2-20-21(25)17(8-28)22(29)37-20/h15-16,34H,1-7,9-14,29H2/t15-,16-,26+/m1/s1. The second-order valence-electron chi connectivity index (χ2n) is 11.3. The molecule has 0 bridgehead atoms. The lowest BCUT2D eigenvalue weighted by Crippen LogP contribution is -2.59. The topological polar surface area (TPSA) is 121 Å². The summed E-state index contributed by atoms with van der Waals surface area (Å²) >= 11 is 1.55. The van der Waals surface area contributed by atoms with Crippen molar-refractivity contribution in [3.05, 3.63) is 27.3 Å². The number of aliphatic hydroxyl groups excluding tert-OH is 1. The van der Waals surface area contributed by atoms with E-state index in [9.17, 15) is 14.8 Å². The summed E-state index contributed by atoms with van der Waals surface area (Å²) in [7, 11) is 0. The van der Waals surface area contributed by atoms with Crippen LogP contribution in [0.25, 0.3) is 0 Å². The van der Waals surface area contributed by atoms with Gasteiger partial charge in [0, 0.05) is 48.3 Å². The first-order valence-electron chi connectivity index (χ1n) is 13.1. The van der Waals surface area contributed by atoms with Gasteiger partial charge in [-0.3, -0.25) is 4.90 Å². The van der Waals surface area contributed by atoms with E-state index in [1.165, 1.54) is 4.88 Å². The predicted molar refractivity (Wildman–Crippen MR) is 136 cm³/mol. The van der Waals surface area contributed by atoms with Crippen LogP contribution in [0.5, 0.6) is 6.01 Å². The number of fused-ring (bicyclic) bond motifs is 4. The van der Waals surface area contributed by atoms with E-state index in [0.29, 0.717) is 49.2 Å². The number of thiophene rings is 1. The number of ether oxygens (including phenoxy) is 2. The van der Waals surface area contributed by atoms with Crippen LogP contribution in [0.1, 0.15) is 52.9 Å². The molecular formula is C26H31FN6O3S. The molecule has 0 unspecified atom stereocenters. The molecule has 3 N–H and O–H groups in total. The number of aryl methyl sites for hydroxylation is 1. The molecule has 5 aliphatic rings. The Morgan fingerprint density at radius 3 is 3.00 bits per heavy atom. The fourth-order valence-corrected chi connectivity index (χ4v) is 8.49. The van der Waals surface area contributed by atoms with Crippen LogP contribution in [0, 0.1) is 11.3 Å². The van der Waals surface area contributed by atoms with E-state index in [2.05, 4.69) is 15.9 Å². The van der Waals surface area contributed by atoms with E-state index in [4.69, 9.17) is 25.2 Å². The monoisotopic (exact) mass is 526 g/mol. The molecule has 0 aromatic carbocycles. The fourth-order valence-electron chi connectivity index (χ4n) is 7.35. The summed E-state index contributed by atoms with van der Waals surface area (Å²) in [5.41, 5.74) is 9.34. The molecule has 3 fully saturated rings. The highest BCUT2D eigenvalue weighted by Gasteiger charge is 2.53. The molecule has 37 heavy (non-hydrogen) atoms. The second kappa shape index (κ2) is 8.50. The van der Waals surface area contributed by atoms with Gasteiger partial charge in [-0.2, -0.15) is 15.2 Å². The predicted octanol–water partition coefficient (Wildman–Crippen LogP) is 2.08. The minimum absolute atomic E-state index is 0.0724. The lowest BCUT2D eigenvalue weighted by molar-refractivity contribution is -0.00860. The van der Waals surface area contributed by atoms with E-state index in [1.54, 1.807) is 11.3 Å². The fraction of sp³-hybridized carbons (Fsp3) is 0.654. The third kappa shape index (κ3) is 3.56. The van der Waals surface area contributed by atoms with Gasteiger partial charge in [0.1, 0.15) is 29.7 Å². The highest BCUT2D eigenvalue weighted by Crippen LogP contribution is 2.53. The zero-order valence-electron chi connectivity index (χ0n) is 20.7. The molecule has 3 saturated heterocycles. The van der Waals surface area contributed by atoms with Crippen molar-refractivity contribution in [2.24, 2.45) is 0 Å². The lowest BCUT2D eigenvalue weighted by atomic mass is 9.74. The maximum Gasteiger partial charge on any atom is 0.318 e. The molecule has 4 aliphatic heterocycles. The SMILES string of the molecule is N#Cc1c(N)sc2c1C1(CC2)CN(c2nc(OC[C@@]34CCCN3C[C@H](F)C4)nc3c2CO[C@@H](CO)C3)C1. The number of nitrogen functional groups attached to an aromatic ring is 1. The van der Waals surface area contributed by atoms with Gasteiger partial charge in [-0.15, -0.1) is 11.3 Å². The van der Waals surface area contributed by atoms with Crippen molar-refractivity contribution in [1.82, 2.24) is 14.9 Å². The number of halogens is 1. The summed E-state index contributed by atoms with van der Waals surface area (Å²) in [6.07, 6.45) is 3.79. The number of nitrogens with zero attached hydrogens (tertiary/aromatic N) is 5. The van der Waals surface area contributed by atoms with E-state index >= 15 is 0 Å². The number of aromatic nitrogens is 2. The second-order valence-corrected chi connectivity index (χ2v) is 12.5. The van der Waals surface area contributed by atoms with Gasteiger partial charge in [0.15, 0.2) is 0 Å². The third-order valence-corrected chi connectivity index (χ3v) is 10.2. The van der Waals surface area contributed by atoms with Crippen LogP contribution in [-0.2, 0) is 29.6 Å². The highest BCUT2D eigenvalue weighted by molar-refractivity contribution is 7.16. The Kier molecular flexibility index (Phi) is 5.42. The molecule has 3 atom stereocenters. The van der Waals surface area contributed by atoms with Gasteiger partial charge in [0.25, 0.3) is 0 Å². The Morgan fingerprint density at radius 1 is 1.32 bits per heavy atom. The normalized spacial score (nSPS) is 29.6. The van der Waals surface area contributed by atoms with Gasteiger partial charge in [-0.25, -0.2) is 4.39 Å². The molecule has 0 radical (unpaired) electrons. The van der Waals surface area contributed by atoms with Gasteiger partial charge in [0.05, 0.1) is 36.1 Å². The van der Waals surface area contributed by atoms with Crippen LogP contribution in [0.4, 0.5) is 15.2 Å². The van der Waals surface area contributed by atoms with E-state index in [1.807, 2.05) is 0 Å². The molecule has 6 heterocycles. The molecule has 9 nitrogen and oxygen atoms in total. The smallest absolute Gasteiger partial charge is 0.318 e. The first-order chi connectivity index (χ1) is 17.9. The van der Waals surface area contributed by atoms with E-state index < -0.39 is 6.17 Å². The first-order valence-corrected chi connectivity index (χ1v) is 14.0. The average Bonchev–Trinajstić information content (AvgIpc) is 3.59. The summed E-state index contributed by atoms with van der Waals surface area (Å²) in [5.74, 6) is 0.799. The molecule has 0 saturated carbocycles. The Morgan fingerprint density at radius 2 is 2.19 bits per heavy atom. The molecule has 0 amide bonds. The number of nitrogens with two attached hydrogens (primary N) is 1. The van der Waals surface area contributed by atoms with Crippen molar-refractivity contribution in [2.45, 2.75) is 68.4 Å². The zero-order chi connectivity index (χ0) is 25.4. The van der Waals surface area contributed by atoms with Crippen LogP contribution in [0.3, 0.4) is 0 Å². The average molecular weight is 527 g/mol. The molecular weight excluding hydrogens is 495 g/mol. The Bertz CT molecular complexity index is 1290. The van der Waals surface area contributed by atoms with Crippen LogP contribution in [0.2, 0.25) is 0 Å². The summed E-state index contributed by atoms with van der Waals surface area (Å²) < 4.78 is 26.4. The molecule has 196 valence electrons. The van der Waals surface area contributed by atoms with Crippen molar-refractivity contribution in [3.63, 3.8) is 0 Å². The van der Waals surface area contributed by atoms with Gasteiger partial charge in [-0.1, -0.05) is 0 Å². The molecule has 2 aromatic rings. The third-order valence-electron chi connectivity index (χ3n) is 9.14. The van der Waals surface area contributed by atoms with Crippen molar-refractivity contribution < 1.29 is 19.0 Å². The van der Waals surface area contributed by atoms with Gasteiger partial charge < -0.3 is 25.2 Å². The van der Waals surface area contributed by atoms with Gasteiger partial charge >= 0.3 is 6.01 Å². The number of rotatable bonds is 5. The van der Waals surface area contributed by atoms with Crippen LogP contribution in [-0.4, -0.2) is 77.2 Å². The summed E-state index contributed by atoms with van der Waals surface area (Å²) in [6, 6.07) is 2.64. The number of aliphatic hydroxyl groups is 1. The van der Waals surface area contributed by atoms with Gasteiger partial charge in [-0.05, 0) is 37.8 Å². The van der Waals surface area contributed by atoms with Gasteiger partial charge in [0.2, 0.25) is 0 Å². The van der Waals surface area contributed by atoms with Crippen LogP contribution in [0.15, 0.2) is 0 Å². The molecule has 7 rings (SSSR count). The minimum Gasteiger partial charge on any atom is -0.461 e. The molecule has 2 aromatic heterocycles. The largest absolute Gasteiger partial charge is 0.461 e. The number of hydrogen-bond acceptors (Lipinski definition) is 10. The summed E-state index contributed by atoms with van der Waals surface area (Å²) in [4.78, 5) is 15.3. The number of hydrogen-bond donors (Lipinski definition) is 2. The highest BCUT2D eigenvalue weighted by atomic mass is 32.1. The number of anilines is 2. The zero-order valence-corrected chi connectivity index (χ0v) is 21.5. The van der Waals surface area contributed by atoms with Crippen molar-refractivity contribution in [3.8, 4) is 12.1 Å². The minimum atomic E-state index is -0.815.